The fourth-order valence-electron chi connectivity index (χ4n) is 4.56. The Balaban J connectivity index is 1.39. The molecule has 0 unspecified atom stereocenters. The summed E-state index contributed by atoms with van der Waals surface area (Å²) in [5.74, 6) is -1.29. The number of aromatic amines is 2. The summed E-state index contributed by atoms with van der Waals surface area (Å²) in [6, 6.07) is 16.5. The molecule has 0 saturated carbocycles. The highest BCUT2D eigenvalue weighted by molar-refractivity contribution is 6.48. The van der Waals surface area contributed by atoms with Gasteiger partial charge in [-0.3, -0.25) is 19.4 Å². The second-order valence-electron chi connectivity index (χ2n) is 9.06. The molecule has 6 aromatic rings. The SMILES string of the molecule is Cc1cccc(-n2ncc3c(=O)[nH]c(-n4nc(C)cc4NC(=O)C(=O)c4c(C)[nH]c5ccccc45)nc32)c1. The number of anilines is 1. The number of H-pyrrole nitrogens is 2. The topological polar surface area (TPSA) is 143 Å². The molecule has 0 atom stereocenters. The Morgan fingerprint density at radius 1 is 0.921 bits per heavy atom. The molecule has 3 N–H and O–H groups in total. The highest BCUT2D eigenvalue weighted by Gasteiger charge is 2.25. The van der Waals surface area contributed by atoms with Gasteiger partial charge in [0.05, 0.1) is 23.1 Å². The molecule has 188 valence electrons. The minimum absolute atomic E-state index is 0.0658. The van der Waals surface area contributed by atoms with Crippen molar-refractivity contribution >= 4 is 39.4 Å². The third-order valence-corrected chi connectivity index (χ3v) is 6.27. The van der Waals surface area contributed by atoms with Gasteiger partial charge in [0.25, 0.3) is 17.2 Å². The summed E-state index contributed by atoms with van der Waals surface area (Å²) >= 11 is 0. The molecule has 4 aromatic heterocycles. The summed E-state index contributed by atoms with van der Waals surface area (Å²) in [4.78, 5) is 49.6. The number of ketones is 1. The van der Waals surface area contributed by atoms with E-state index in [1.165, 1.54) is 10.9 Å². The van der Waals surface area contributed by atoms with Gasteiger partial charge in [-0.15, -0.1) is 0 Å². The van der Waals surface area contributed by atoms with E-state index in [0.29, 0.717) is 33.4 Å². The highest BCUT2D eigenvalue weighted by Crippen LogP contribution is 2.24. The summed E-state index contributed by atoms with van der Waals surface area (Å²) in [6.07, 6.45) is 1.45. The minimum atomic E-state index is -0.841. The lowest BCUT2D eigenvalue weighted by Gasteiger charge is -2.09. The van der Waals surface area contributed by atoms with Crippen LogP contribution in [0.3, 0.4) is 0 Å². The van der Waals surface area contributed by atoms with Crippen molar-refractivity contribution < 1.29 is 9.59 Å². The lowest BCUT2D eigenvalue weighted by atomic mass is 10.1. The quantitative estimate of drug-likeness (QED) is 0.241. The first-order chi connectivity index (χ1) is 18.3. The highest BCUT2D eigenvalue weighted by atomic mass is 16.2. The van der Waals surface area contributed by atoms with Crippen LogP contribution in [0.1, 0.15) is 27.3 Å². The zero-order chi connectivity index (χ0) is 26.6. The largest absolute Gasteiger partial charge is 0.358 e. The molecule has 2 aromatic carbocycles. The fourth-order valence-corrected chi connectivity index (χ4v) is 4.56. The smallest absolute Gasteiger partial charge is 0.298 e. The number of Topliss-reactive ketones (excluding diaryl/α,β-unsaturated/α-hetero) is 1. The van der Waals surface area contributed by atoms with Crippen LogP contribution in [0, 0.1) is 20.8 Å². The van der Waals surface area contributed by atoms with Gasteiger partial charge >= 0.3 is 0 Å². The fraction of sp³-hybridized carbons (Fsp3) is 0.111. The van der Waals surface area contributed by atoms with Gasteiger partial charge < -0.3 is 10.3 Å². The number of para-hydroxylation sites is 1. The van der Waals surface area contributed by atoms with Crippen molar-refractivity contribution in [3.8, 4) is 11.6 Å². The van der Waals surface area contributed by atoms with Crippen LogP contribution in [0.2, 0.25) is 0 Å². The summed E-state index contributed by atoms with van der Waals surface area (Å²) in [6.45, 7) is 5.43. The maximum absolute atomic E-state index is 13.2. The molecular weight excluding hydrogens is 484 g/mol. The molecule has 0 aliphatic carbocycles. The average Bonchev–Trinajstić information content (AvgIpc) is 3.57. The second-order valence-corrected chi connectivity index (χ2v) is 9.06. The number of nitrogens with one attached hydrogen (secondary N) is 3. The van der Waals surface area contributed by atoms with Gasteiger partial charge in [-0.05, 0) is 44.5 Å². The number of benzene rings is 2. The molecule has 4 heterocycles. The third kappa shape index (κ3) is 3.77. The number of aromatic nitrogens is 7. The Kier molecular flexibility index (Phi) is 5.26. The van der Waals surface area contributed by atoms with E-state index in [4.69, 9.17) is 0 Å². The van der Waals surface area contributed by atoms with Gasteiger partial charge in [-0.2, -0.15) is 19.9 Å². The van der Waals surface area contributed by atoms with Gasteiger partial charge in [-0.25, -0.2) is 4.68 Å². The van der Waals surface area contributed by atoms with Crippen LogP contribution in [-0.4, -0.2) is 46.2 Å². The number of amides is 1. The van der Waals surface area contributed by atoms with E-state index in [9.17, 15) is 14.4 Å². The molecule has 1 amide bonds. The van der Waals surface area contributed by atoms with Gasteiger partial charge in [0.15, 0.2) is 5.65 Å². The number of hydrogen-bond acceptors (Lipinski definition) is 6. The Hall–Kier alpha value is -5.32. The first kappa shape index (κ1) is 23.1. The number of fused-ring (bicyclic) bond motifs is 2. The van der Waals surface area contributed by atoms with Crippen molar-refractivity contribution in [1.29, 1.82) is 0 Å². The lowest BCUT2D eigenvalue weighted by molar-refractivity contribution is -0.112. The Morgan fingerprint density at radius 2 is 1.74 bits per heavy atom. The van der Waals surface area contributed by atoms with Gasteiger partial charge in [0.2, 0.25) is 5.95 Å². The number of carbonyl (C=O) groups excluding carboxylic acids is 2. The van der Waals surface area contributed by atoms with Gasteiger partial charge in [-0.1, -0.05) is 30.3 Å². The first-order valence-electron chi connectivity index (χ1n) is 11.9. The average molecular weight is 507 g/mol. The Bertz CT molecular complexity index is 1960. The zero-order valence-corrected chi connectivity index (χ0v) is 20.7. The summed E-state index contributed by atoms with van der Waals surface area (Å²) in [5, 5.41) is 12.3. The molecule has 0 aliphatic rings. The molecular formula is C27H22N8O3. The third-order valence-electron chi connectivity index (χ3n) is 6.27. The predicted octanol–water partition coefficient (Wildman–Crippen LogP) is 3.52. The lowest BCUT2D eigenvalue weighted by Crippen LogP contribution is -2.25. The van der Waals surface area contributed by atoms with E-state index in [2.05, 4.69) is 30.5 Å². The van der Waals surface area contributed by atoms with E-state index in [1.807, 2.05) is 49.4 Å². The molecule has 0 saturated heterocycles. The maximum atomic E-state index is 13.2. The van der Waals surface area contributed by atoms with Crippen LogP contribution in [0.25, 0.3) is 33.6 Å². The summed E-state index contributed by atoms with van der Waals surface area (Å²) in [5.41, 5.74) is 3.89. The standard InChI is InChI=1S/C27H22N8O3/c1-14-7-6-8-17(11-14)34-24-19(13-28-34)25(37)32-27(31-24)35-21(12-15(2)33-35)30-26(38)23(36)22-16(3)29-20-10-5-4-9-18(20)22/h4-13,29H,1-3H3,(H,30,38)(H,31,32,37). The molecule has 0 radical (unpaired) electrons. The van der Waals surface area contributed by atoms with Crippen molar-refractivity contribution in [1.82, 2.24) is 34.5 Å². The maximum Gasteiger partial charge on any atom is 0.298 e. The van der Waals surface area contributed by atoms with Crippen LogP contribution < -0.4 is 10.9 Å². The molecule has 38 heavy (non-hydrogen) atoms. The first-order valence-corrected chi connectivity index (χ1v) is 11.9. The van der Waals surface area contributed by atoms with Crippen molar-refractivity contribution in [3.63, 3.8) is 0 Å². The van der Waals surface area contributed by atoms with Crippen molar-refractivity contribution in [2.45, 2.75) is 20.8 Å². The van der Waals surface area contributed by atoms with E-state index in [1.54, 1.807) is 30.7 Å². The van der Waals surface area contributed by atoms with Crippen LogP contribution in [0.15, 0.2) is 65.6 Å². The normalized spacial score (nSPS) is 11.3. The van der Waals surface area contributed by atoms with Gasteiger partial charge in [0, 0.05) is 22.7 Å². The predicted molar refractivity (Wildman–Crippen MR) is 142 cm³/mol. The van der Waals surface area contributed by atoms with Crippen molar-refractivity contribution in [2.75, 3.05) is 5.32 Å². The molecule has 11 heteroatoms. The van der Waals surface area contributed by atoms with Crippen LogP contribution >= 0.6 is 0 Å². The molecule has 0 fully saturated rings. The summed E-state index contributed by atoms with van der Waals surface area (Å²) < 4.78 is 2.86. The molecule has 0 bridgehead atoms. The number of rotatable bonds is 5. The van der Waals surface area contributed by atoms with E-state index in [0.717, 1.165) is 16.8 Å². The Labute approximate surface area is 215 Å². The van der Waals surface area contributed by atoms with E-state index < -0.39 is 17.2 Å². The number of carbonyl (C=O) groups is 2. The monoisotopic (exact) mass is 506 g/mol. The summed E-state index contributed by atoms with van der Waals surface area (Å²) in [7, 11) is 0. The zero-order valence-electron chi connectivity index (χ0n) is 20.7. The van der Waals surface area contributed by atoms with E-state index >= 15 is 0 Å². The van der Waals surface area contributed by atoms with Crippen molar-refractivity contribution in [3.05, 3.63) is 93.7 Å². The van der Waals surface area contributed by atoms with Crippen LogP contribution in [-0.2, 0) is 4.79 Å². The van der Waals surface area contributed by atoms with Gasteiger partial charge in [0.1, 0.15) is 11.2 Å². The molecule has 0 aliphatic heterocycles. The number of aryl methyl sites for hydroxylation is 3. The number of hydrogen-bond donors (Lipinski definition) is 3. The van der Waals surface area contributed by atoms with E-state index in [-0.39, 0.29) is 11.8 Å². The minimum Gasteiger partial charge on any atom is -0.358 e. The van der Waals surface area contributed by atoms with Crippen LogP contribution in [0.4, 0.5) is 5.82 Å². The molecule has 0 spiro atoms. The van der Waals surface area contributed by atoms with Crippen molar-refractivity contribution in [2.24, 2.45) is 0 Å². The second kappa shape index (κ2) is 8.66. The van der Waals surface area contributed by atoms with Crippen LogP contribution in [0.5, 0.6) is 0 Å². The Morgan fingerprint density at radius 3 is 2.55 bits per heavy atom. The molecule has 6 rings (SSSR count). The molecule has 11 nitrogen and oxygen atoms in total. The number of nitrogens with zero attached hydrogens (tertiary/aromatic N) is 5.